The Hall–Kier alpha value is -0.770. The quantitative estimate of drug-likeness (QED) is 0.774. The van der Waals surface area contributed by atoms with Crippen LogP contribution in [0.1, 0.15) is 39.5 Å². The molecular weight excluding hydrogens is 206 g/mol. The van der Waals surface area contributed by atoms with Crippen LogP contribution in [0.3, 0.4) is 0 Å². The summed E-state index contributed by atoms with van der Waals surface area (Å²) in [4.78, 5) is 11.3. The van der Waals surface area contributed by atoms with Crippen LogP contribution in [0.4, 0.5) is 4.79 Å². The van der Waals surface area contributed by atoms with Gasteiger partial charge in [-0.25, -0.2) is 4.79 Å². The molecule has 0 aromatic heterocycles. The highest BCUT2D eigenvalue weighted by Crippen LogP contribution is 2.23. The number of ether oxygens (including phenoxy) is 1. The number of hydrogen-bond donors (Lipinski definition) is 2. The summed E-state index contributed by atoms with van der Waals surface area (Å²) in [6.45, 7) is 4.97. The van der Waals surface area contributed by atoms with E-state index >= 15 is 0 Å². The van der Waals surface area contributed by atoms with Crippen molar-refractivity contribution in [1.29, 1.82) is 0 Å². The largest absolute Gasteiger partial charge is 0.449 e. The molecule has 1 aliphatic carbocycles. The van der Waals surface area contributed by atoms with Crippen molar-refractivity contribution in [3.63, 3.8) is 0 Å². The Labute approximate surface area is 97.4 Å². The molecule has 1 aliphatic rings. The third-order valence-corrected chi connectivity index (χ3v) is 2.93. The van der Waals surface area contributed by atoms with Gasteiger partial charge in [-0.3, -0.25) is 0 Å². The van der Waals surface area contributed by atoms with E-state index in [2.05, 4.69) is 5.32 Å². The highest BCUT2D eigenvalue weighted by molar-refractivity contribution is 5.67. The van der Waals surface area contributed by atoms with E-state index in [0.717, 1.165) is 25.7 Å². The van der Waals surface area contributed by atoms with Gasteiger partial charge in [0.15, 0.2) is 0 Å². The van der Waals surface area contributed by atoms with Gasteiger partial charge in [0, 0.05) is 12.5 Å². The number of alkyl carbamates (subject to hydrolysis) is 1. The first kappa shape index (κ1) is 13.3. The third-order valence-electron chi connectivity index (χ3n) is 2.93. The molecule has 4 heteroatoms. The van der Waals surface area contributed by atoms with Crippen molar-refractivity contribution in [2.45, 2.75) is 45.6 Å². The van der Waals surface area contributed by atoms with E-state index in [0.29, 0.717) is 19.1 Å². The van der Waals surface area contributed by atoms with Crippen LogP contribution in [0.2, 0.25) is 0 Å². The molecule has 94 valence electrons. The minimum atomic E-state index is -0.369. The maximum atomic E-state index is 11.3. The van der Waals surface area contributed by atoms with E-state index in [1.54, 1.807) is 0 Å². The summed E-state index contributed by atoms with van der Waals surface area (Å²) in [5, 5.41) is 12.4. The fourth-order valence-electron chi connectivity index (χ4n) is 1.93. The molecule has 16 heavy (non-hydrogen) atoms. The fraction of sp³-hybridized carbons (Fsp3) is 0.917. The third kappa shape index (κ3) is 4.84. The number of aliphatic hydroxyl groups is 1. The molecule has 0 aromatic carbocycles. The van der Waals surface area contributed by atoms with Gasteiger partial charge in [-0.05, 0) is 18.8 Å². The number of carbonyl (C=O) groups is 1. The van der Waals surface area contributed by atoms with Gasteiger partial charge < -0.3 is 15.2 Å². The molecule has 1 amide bonds. The van der Waals surface area contributed by atoms with E-state index in [-0.39, 0.29) is 18.1 Å². The number of carbonyl (C=O) groups excluding carboxylic acids is 1. The maximum absolute atomic E-state index is 11.3. The van der Waals surface area contributed by atoms with Gasteiger partial charge in [0.05, 0.1) is 12.7 Å². The fourth-order valence-corrected chi connectivity index (χ4v) is 1.93. The first-order valence-corrected chi connectivity index (χ1v) is 6.18. The monoisotopic (exact) mass is 229 g/mol. The zero-order chi connectivity index (χ0) is 12.0. The average Bonchev–Trinajstić information content (AvgIpc) is 2.25. The second-order valence-corrected chi connectivity index (χ2v) is 4.99. The number of hydrogen-bond acceptors (Lipinski definition) is 3. The number of nitrogens with one attached hydrogen (secondary N) is 1. The number of amides is 1. The SMILES string of the molecule is CC(C)COC(=O)NCC1CCCCC1O. The van der Waals surface area contributed by atoms with Crippen LogP contribution in [-0.4, -0.2) is 30.5 Å². The second-order valence-electron chi connectivity index (χ2n) is 4.99. The summed E-state index contributed by atoms with van der Waals surface area (Å²) in [7, 11) is 0. The average molecular weight is 229 g/mol. The first-order valence-electron chi connectivity index (χ1n) is 6.18. The van der Waals surface area contributed by atoms with Crippen molar-refractivity contribution in [1.82, 2.24) is 5.32 Å². The topological polar surface area (TPSA) is 58.6 Å². The van der Waals surface area contributed by atoms with Crippen LogP contribution >= 0.6 is 0 Å². The molecule has 0 spiro atoms. The highest BCUT2D eigenvalue weighted by atomic mass is 16.5. The van der Waals surface area contributed by atoms with Gasteiger partial charge in [-0.2, -0.15) is 0 Å². The summed E-state index contributed by atoms with van der Waals surface area (Å²) >= 11 is 0. The maximum Gasteiger partial charge on any atom is 0.407 e. The Balaban J connectivity index is 2.15. The first-order chi connectivity index (χ1) is 7.59. The van der Waals surface area contributed by atoms with Gasteiger partial charge in [0.2, 0.25) is 0 Å². The lowest BCUT2D eigenvalue weighted by Gasteiger charge is -2.27. The Bertz CT molecular complexity index is 218. The standard InChI is InChI=1S/C12H23NO3/c1-9(2)8-16-12(15)13-7-10-5-3-4-6-11(10)14/h9-11,14H,3-8H2,1-2H3,(H,13,15). The van der Waals surface area contributed by atoms with E-state index in [1.165, 1.54) is 0 Å². The summed E-state index contributed by atoms with van der Waals surface area (Å²) in [6.07, 6.45) is 3.45. The Morgan fingerprint density at radius 1 is 1.44 bits per heavy atom. The van der Waals surface area contributed by atoms with Gasteiger partial charge in [-0.1, -0.05) is 26.7 Å². The zero-order valence-electron chi connectivity index (χ0n) is 10.2. The molecule has 1 fully saturated rings. The van der Waals surface area contributed by atoms with Crippen molar-refractivity contribution in [2.24, 2.45) is 11.8 Å². The zero-order valence-corrected chi connectivity index (χ0v) is 10.2. The molecule has 1 rings (SSSR count). The smallest absolute Gasteiger partial charge is 0.407 e. The minimum absolute atomic E-state index is 0.195. The normalized spacial score (nSPS) is 25.5. The van der Waals surface area contributed by atoms with Crippen molar-refractivity contribution < 1.29 is 14.6 Å². The van der Waals surface area contributed by atoms with Gasteiger partial charge >= 0.3 is 6.09 Å². The van der Waals surface area contributed by atoms with Gasteiger partial charge in [0.1, 0.15) is 0 Å². The van der Waals surface area contributed by atoms with Crippen LogP contribution < -0.4 is 5.32 Å². The lowest BCUT2D eigenvalue weighted by atomic mass is 9.86. The summed E-state index contributed by atoms with van der Waals surface area (Å²) < 4.78 is 5.00. The summed E-state index contributed by atoms with van der Waals surface area (Å²) in [5.41, 5.74) is 0. The Morgan fingerprint density at radius 3 is 2.75 bits per heavy atom. The second kappa shape index (κ2) is 6.74. The van der Waals surface area contributed by atoms with Crippen LogP contribution in [0.25, 0.3) is 0 Å². The number of aliphatic hydroxyl groups excluding tert-OH is 1. The lowest BCUT2D eigenvalue weighted by Crippen LogP contribution is -2.37. The van der Waals surface area contributed by atoms with Crippen LogP contribution in [0.15, 0.2) is 0 Å². The molecule has 0 aromatic rings. The predicted octanol–water partition coefficient (Wildman–Crippen LogP) is 1.92. The molecule has 0 heterocycles. The van der Waals surface area contributed by atoms with Gasteiger partial charge in [-0.15, -0.1) is 0 Å². The molecule has 0 bridgehead atoms. The molecule has 4 nitrogen and oxygen atoms in total. The number of rotatable bonds is 4. The van der Waals surface area contributed by atoms with Crippen LogP contribution in [0.5, 0.6) is 0 Å². The Kier molecular flexibility index (Phi) is 5.60. The summed E-state index contributed by atoms with van der Waals surface area (Å²) in [5.74, 6) is 0.548. The molecule has 0 aliphatic heterocycles. The van der Waals surface area contributed by atoms with Crippen molar-refractivity contribution in [3.05, 3.63) is 0 Å². The van der Waals surface area contributed by atoms with Crippen molar-refractivity contribution in [3.8, 4) is 0 Å². The van der Waals surface area contributed by atoms with Crippen LogP contribution in [-0.2, 0) is 4.74 Å². The molecule has 0 saturated heterocycles. The van der Waals surface area contributed by atoms with E-state index < -0.39 is 0 Å². The molecule has 0 radical (unpaired) electrons. The Morgan fingerprint density at radius 2 is 2.12 bits per heavy atom. The predicted molar refractivity (Wildman–Crippen MR) is 62.2 cm³/mol. The summed E-state index contributed by atoms with van der Waals surface area (Å²) in [6, 6.07) is 0. The lowest BCUT2D eigenvalue weighted by molar-refractivity contribution is 0.0670. The molecule has 2 atom stereocenters. The van der Waals surface area contributed by atoms with Crippen LogP contribution in [0, 0.1) is 11.8 Å². The molecule has 2 N–H and O–H groups in total. The minimum Gasteiger partial charge on any atom is -0.449 e. The molecule has 2 unspecified atom stereocenters. The van der Waals surface area contributed by atoms with Crippen molar-refractivity contribution in [2.75, 3.05) is 13.2 Å². The van der Waals surface area contributed by atoms with E-state index in [4.69, 9.17) is 4.74 Å². The van der Waals surface area contributed by atoms with Gasteiger partial charge in [0.25, 0.3) is 0 Å². The highest BCUT2D eigenvalue weighted by Gasteiger charge is 2.23. The molecule has 1 saturated carbocycles. The van der Waals surface area contributed by atoms with Crippen molar-refractivity contribution >= 4 is 6.09 Å². The van der Waals surface area contributed by atoms with E-state index in [1.807, 2.05) is 13.8 Å². The van der Waals surface area contributed by atoms with E-state index in [9.17, 15) is 9.90 Å². The molecular formula is C12H23NO3.